The van der Waals surface area contributed by atoms with Crippen LogP contribution in [0.4, 0.5) is 10.5 Å². The van der Waals surface area contributed by atoms with Crippen LogP contribution in [0.1, 0.15) is 55.3 Å². The fraction of sp³-hybridized carbons (Fsp3) is 0.440. The lowest BCUT2D eigenvalue weighted by atomic mass is 9.79. The van der Waals surface area contributed by atoms with Crippen molar-refractivity contribution < 1.29 is 14.7 Å². The number of fused-ring (bicyclic) bond motifs is 3. The summed E-state index contributed by atoms with van der Waals surface area (Å²) in [5, 5.41) is 15.6. The zero-order valence-corrected chi connectivity index (χ0v) is 17.5. The number of amides is 2. The predicted octanol–water partition coefficient (Wildman–Crippen LogP) is 4.57. The minimum Gasteiger partial charge on any atom is -0.465 e. The number of hydrogen-bond donors (Lipinski definition) is 3. The molecular formula is C25H29N3O3. The standard InChI is InChI=1S/C25H29N3O3/c29-24(18-11-5-7-13-21(18)27-25(30)31)28-15-14-19-22(16-8-2-1-3-9-16)26-20-12-6-4-10-17(20)23(19)28/h1-4,6,8-10,12,18-19,21-23,26-27H,5,7,11,13-15H2,(H,30,31)/t18-,19-,21+,22-,23-/m0/s1. The molecule has 3 N–H and O–H groups in total. The molecule has 2 fully saturated rings. The number of para-hydroxylation sites is 1. The maximum Gasteiger partial charge on any atom is 0.404 e. The van der Waals surface area contributed by atoms with E-state index in [-0.39, 0.29) is 35.9 Å². The fourth-order valence-corrected chi connectivity index (χ4v) is 5.93. The van der Waals surface area contributed by atoms with Crippen molar-refractivity contribution >= 4 is 17.7 Å². The maximum absolute atomic E-state index is 13.8. The van der Waals surface area contributed by atoms with E-state index in [0.717, 1.165) is 37.8 Å². The summed E-state index contributed by atoms with van der Waals surface area (Å²) in [6.45, 7) is 0.712. The van der Waals surface area contributed by atoms with Gasteiger partial charge in [-0.2, -0.15) is 0 Å². The Morgan fingerprint density at radius 2 is 1.71 bits per heavy atom. The van der Waals surface area contributed by atoms with Crippen molar-refractivity contribution in [3.05, 3.63) is 65.7 Å². The first-order chi connectivity index (χ1) is 15.1. The van der Waals surface area contributed by atoms with Crippen LogP contribution < -0.4 is 10.6 Å². The van der Waals surface area contributed by atoms with Crippen molar-refractivity contribution in [3.63, 3.8) is 0 Å². The number of hydrogen-bond acceptors (Lipinski definition) is 3. The molecule has 0 spiro atoms. The van der Waals surface area contributed by atoms with E-state index < -0.39 is 6.09 Å². The van der Waals surface area contributed by atoms with Gasteiger partial charge >= 0.3 is 6.09 Å². The Morgan fingerprint density at radius 3 is 2.52 bits per heavy atom. The van der Waals surface area contributed by atoms with Crippen molar-refractivity contribution in [2.45, 2.75) is 50.2 Å². The van der Waals surface area contributed by atoms with Crippen LogP contribution in [0, 0.1) is 11.8 Å². The lowest BCUT2D eigenvalue weighted by Gasteiger charge is -2.42. The number of nitrogens with zero attached hydrogens (tertiary/aromatic N) is 1. The van der Waals surface area contributed by atoms with Crippen molar-refractivity contribution in [3.8, 4) is 0 Å². The summed E-state index contributed by atoms with van der Waals surface area (Å²) in [7, 11) is 0. The fourth-order valence-electron chi connectivity index (χ4n) is 5.93. The number of anilines is 1. The largest absolute Gasteiger partial charge is 0.465 e. The molecule has 5 rings (SSSR count). The quantitative estimate of drug-likeness (QED) is 0.681. The van der Waals surface area contributed by atoms with E-state index in [4.69, 9.17) is 0 Å². The summed E-state index contributed by atoms with van der Waals surface area (Å²) in [6, 6.07) is 18.6. The van der Waals surface area contributed by atoms with Crippen LogP contribution in [0.5, 0.6) is 0 Å². The van der Waals surface area contributed by atoms with Crippen LogP contribution in [-0.4, -0.2) is 34.6 Å². The van der Waals surface area contributed by atoms with E-state index in [2.05, 4.69) is 47.0 Å². The number of carboxylic acid groups (broad SMARTS) is 1. The third-order valence-corrected chi connectivity index (χ3v) is 7.30. The topological polar surface area (TPSA) is 81.7 Å². The normalized spacial score (nSPS) is 29.4. The van der Waals surface area contributed by atoms with Crippen molar-refractivity contribution in [1.82, 2.24) is 10.2 Å². The molecule has 0 radical (unpaired) electrons. The number of nitrogens with one attached hydrogen (secondary N) is 2. The molecule has 3 aliphatic rings. The van der Waals surface area contributed by atoms with Gasteiger partial charge in [0, 0.05) is 24.2 Å². The van der Waals surface area contributed by atoms with E-state index in [0.29, 0.717) is 6.54 Å². The molecule has 2 heterocycles. The van der Waals surface area contributed by atoms with Gasteiger partial charge in [0.05, 0.1) is 18.0 Å². The zero-order chi connectivity index (χ0) is 21.4. The average Bonchev–Trinajstić information content (AvgIpc) is 3.24. The Hall–Kier alpha value is -3.02. The molecule has 0 aromatic heterocycles. The van der Waals surface area contributed by atoms with Gasteiger partial charge in [-0.15, -0.1) is 0 Å². The van der Waals surface area contributed by atoms with E-state index in [1.807, 2.05) is 23.1 Å². The van der Waals surface area contributed by atoms with Crippen molar-refractivity contribution in [2.24, 2.45) is 11.8 Å². The van der Waals surface area contributed by atoms with Gasteiger partial charge < -0.3 is 20.6 Å². The van der Waals surface area contributed by atoms with Gasteiger partial charge in [-0.1, -0.05) is 61.4 Å². The molecule has 2 aliphatic heterocycles. The van der Waals surface area contributed by atoms with Gasteiger partial charge in [0.2, 0.25) is 5.91 Å². The van der Waals surface area contributed by atoms with Crippen LogP contribution in [0.3, 0.4) is 0 Å². The highest BCUT2D eigenvalue weighted by molar-refractivity contribution is 5.82. The molecule has 1 aliphatic carbocycles. The first-order valence-electron chi connectivity index (χ1n) is 11.3. The van der Waals surface area contributed by atoms with Crippen LogP contribution in [-0.2, 0) is 4.79 Å². The number of rotatable bonds is 3. The van der Waals surface area contributed by atoms with E-state index in [1.165, 1.54) is 11.1 Å². The number of benzene rings is 2. The second-order valence-electron chi connectivity index (χ2n) is 9.00. The molecule has 5 atom stereocenters. The average molecular weight is 420 g/mol. The summed E-state index contributed by atoms with van der Waals surface area (Å²) >= 11 is 0. The molecule has 0 bridgehead atoms. The predicted molar refractivity (Wildman–Crippen MR) is 119 cm³/mol. The summed E-state index contributed by atoms with van der Waals surface area (Å²) in [6.07, 6.45) is 3.31. The highest BCUT2D eigenvalue weighted by Gasteiger charge is 2.48. The molecule has 6 nitrogen and oxygen atoms in total. The highest BCUT2D eigenvalue weighted by Crippen LogP contribution is 2.51. The summed E-state index contributed by atoms with van der Waals surface area (Å²) < 4.78 is 0. The third-order valence-electron chi connectivity index (χ3n) is 7.30. The van der Waals surface area contributed by atoms with Crippen molar-refractivity contribution in [1.29, 1.82) is 0 Å². The molecule has 2 amide bonds. The Kier molecular flexibility index (Phi) is 5.30. The van der Waals surface area contributed by atoms with Gasteiger partial charge in [-0.3, -0.25) is 4.79 Å². The summed E-state index contributed by atoms with van der Waals surface area (Å²) in [4.78, 5) is 27.1. The second-order valence-corrected chi connectivity index (χ2v) is 9.00. The van der Waals surface area contributed by atoms with Gasteiger partial charge in [0.1, 0.15) is 0 Å². The summed E-state index contributed by atoms with van der Waals surface area (Å²) in [5.41, 5.74) is 3.50. The third kappa shape index (κ3) is 3.64. The Bertz CT molecular complexity index is 963. The molecule has 31 heavy (non-hydrogen) atoms. The Labute approximate surface area is 182 Å². The lowest BCUT2D eigenvalue weighted by molar-refractivity contribution is -0.138. The molecule has 1 saturated carbocycles. The minimum absolute atomic E-state index is 0.0163. The smallest absolute Gasteiger partial charge is 0.404 e. The Morgan fingerprint density at radius 1 is 0.968 bits per heavy atom. The molecule has 0 unspecified atom stereocenters. The van der Waals surface area contributed by atoms with Gasteiger partial charge in [0.25, 0.3) is 0 Å². The lowest BCUT2D eigenvalue weighted by Crippen LogP contribution is -2.49. The first kappa shape index (κ1) is 19.9. The monoisotopic (exact) mass is 419 g/mol. The van der Waals surface area contributed by atoms with Gasteiger partial charge in [0.15, 0.2) is 0 Å². The van der Waals surface area contributed by atoms with Crippen LogP contribution in [0.2, 0.25) is 0 Å². The summed E-state index contributed by atoms with van der Waals surface area (Å²) in [5.74, 6) is 0.117. The van der Waals surface area contributed by atoms with Crippen LogP contribution >= 0.6 is 0 Å². The zero-order valence-electron chi connectivity index (χ0n) is 17.5. The molecule has 2 aromatic rings. The molecule has 6 heteroatoms. The number of carbonyl (C=O) groups is 2. The second kappa shape index (κ2) is 8.25. The van der Waals surface area contributed by atoms with E-state index in [1.54, 1.807) is 0 Å². The molecule has 1 saturated heterocycles. The SMILES string of the molecule is O=C(O)N[C@@H]1CCCC[C@@H]1C(=O)N1CC[C@H]2[C@H](c3ccccc3)Nc3ccccc3[C@@H]21. The van der Waals surface area contributed by atoms with Gasteiger partial charge in [-0.05, 0) is 36.5 Å². The molecular weight excluding hydrogens is 390 g/mol. The maximum atomic E-state index is 13.8. The minimum atomic E-state index is -1.04. The number of carbonyl (C=O) groups excluding carboxylic acids is 1. The molecule has 162 valence electrons. The first-order valence-corrected chi connectivity index (χ1v) is 11.3. The van der Waals surface area contributed by atoms with Crippen LogP contribution in [0.25, 0.3) is 0 Å². The van der Waals surface area contributed by atoms with Crippen molar-refractivity contribution in [2.75, 3.05) is 11.9 Å². The molecule has 2 aromatic carbocycles. The van der Waals surface area contributed by atoms with Gasteiger partial charge in [-0.25, -0.2) is 4.79 Å². The van der Waals surface area contributed by atoms with E-state index >= 15 is 0 Å². The Balaban J connectivity index is 1.48. The van der Waals surface area contributed by atoms with Crippen LogP contribution in [0.15, 0.2) is 54.6 Å². The number of likely N-dealkylation sites (tertiary alicyclic amines) is 1. The van der Waals surface area contributed by atoms with E-state index in [9.17, 15) is 14.7 Å². The highest BCUT2D eigenvalue weighted by atomic mass is 16.4.